The Morgan fingerprint density at radius 1 is 1.14 bits per heavy atom. The Morgan fingerprint density at radius 3 is 2.71 bits per heavy atom. The van der Waals surface area contributed by atoms with Crippen molar-refractivity contribution in [2.75, 3.05) is 34.0 Å². The molecule has 2 fully saturated rings. The molecule has 1 aromatic carbocycles. The van der Waals surface area contributed by atoms with E-state index in [9.17, 15) is 9.18 Å². The van der Waals surface area contributed by atoms with E-state index in [2.05, 4.69) is 35.8 Å². The second-order valence-corrected chi connectivity index (χ2v) is 9.29. The summed E-state index contributed by atoms with van der Waals surface area (Å²) >= 11 is 0. The maximum absolute atomic E-state index is 14.4. The number of rotatable bonds is 5. The molecule has 5 heterocycles. The van der Waals surface area contributed by atoms with Crippen LogP contribution in [-0.4, -0.2) is 51.8 Å². The van der Waals surface area contributed by atoms with Gasteiger partial charge in [-0.15, -0.1) is 0 Å². The van der Waals surface area contributed by atoms with Crippen molar-refractivity contribution in [2.45, 2.75) is 38.0 Å². The van der Waals surface area contributed by atoms with Gasteiger partial charge in [-0.3, -0.25) is 4.79 Å². The van der Waals surface area contributed by atoms with Crippen LogP contribution in [-0.2, 0) is 9.53 Å². The number of halogens is 1. The molecular formula is C24H24FN7O3. The van der Waals surface area contributed by atoms with E-state index in [1.807, 2.05) is 24.3 Å². The number of fused-ring (bicyclic) bond motifs is 3. The number of hydrogen-bond donors (Lipinski definition) is 3. The van der Waals surface area contributed by atoms with E-state index in [-0.39, 0.29) is 23.5 Å². The van der Waals surface area contributed by atoms with E-state index >= 15 is 0 Å². The summed E-state index contributed by atoms with van der Waals surface area (Å²) in [6, 6.07) is 11.7. The highest BCUT2D eigenvalue weighted by molar-refractivity contribution is 5.99. The van der Waals surface area contributed by atoms with Gasteiger partial charge in [0.15, 0.2) is 28.8 Å². The molecule has 3 N–H and O–H groups in total. The second-order valence-electron chi connectivity index (χ2n) is 9.29. The predicted octanol–water partition coefficient (Wildman–Crippen LogP) is 3.58. The van der Waals surface area contributed by atoms with Gasteiger partial charge in [0.25, 0.3) is 5.91 Å². The summed E-state index contributed by atoms with van der Waals surface area (Å²) in [7, 11) is 0. The molecule has 0 spiro atoms. The second kappa shape index (κ2) is 8.05. The molecule has 0 radical (unpaired) electrons. The minimum Gasteiger partial charge on any atom is -0.474 e. The highest BCUT2D eigenvalue weighted by Crippen LogP contribution is 2.35. The Hall–Kier alpha value is -3.99. The molecule has 35 heavy (non-hydrogen) atoms. The first-order valence-electron chi connectivity index (χ1n) is 11.4. The average molecular weight is 478 g/mol. The molecule has 2 bridgehead atoms. The lowest BCUT2D eigenvalue weighted by molar-refractivity contribution is -0.129. The average Bonchev–Trinajstić information content (AvgIpc) is 3.47. The molecule has 0 saturated carbocycles. The molecule has 3 aromatic rings. The van der Waals surface area contributed by atoms with Crippen molar-refractivity contribution < 1.29 is 18.7 Å². The van der Waals surface area contributed by atoms with Gasteiger partial charge in [0, 0.05) is 17.9 Å². The quantitative estimate of drug-likeness (QED) is 0.507. The van der Waals surface area contributed by atoms with Crippen LogP contribution < -0.4 is 25.6 Å². The number of benzene rings is 1. The van der Waals surface area contributed by atoms with E-state index in [0.29, 0.717) is 23.7 Å². The molecule has 2 aromatic heterocycles. The van der Waals surface area contributed by atoms with Crippen LogP contribution in [0.2, 0.25) is 0 Å². The van der Waals surface area contributed by atoms with E-state index in [4.69, 9.17) is 9.47 Å². The molecule has 3 aliphatic rings. The summed E-state index contributed by atoms with van der Waals surface area (Å²) in [6.45, 7) is 5.03. The third-order valence-electron chi connectivity index (χ3n) is 6.35. The number of nitrogens with one attached hydrogen (secondary N) is 3. The van der Waals surface area contributed by atoms with Crippen LogP contribution in [0.25, 0.3) is 0 Å². The largest absolute Gasteiger partial charge is 0.474 e. The number of hydrogen-bond acceptors (Lipinski definition) is 9. The molecule has 0 aliphatic carbocycles. The van der Waals surface area contributed by atoms with E-state index in [0.717, 1.165) is 37.1 Å². The van der Waals surface area contributed by atoms with Crippen LogP contribution in [0, 0.1) is 5.82 Å². The molecule has 2 atom stereocenters. The lowest BCUT2D eigenvalue weighted by atomic mass is 10.1. The zero-order chi connectivity index (χ0) is 24.2. The first-order valence-corrected chi connectivity index (χ1v) is 11.4. The van der Waals surface area contributed by atoms with Crippen LogP contribution in [0.5, 0.6) is 5.75 Å². The van der Waals surface area contributed by atoms with Crippen molar-refractivity contribution in [1.29, 1.82) is 0 Å². The summed E-state index contributed by atoms with van der Waals surface area (Å²) in [5, 5.41) is 8.65. The smallest absolute Gasteiger partial charge is 0.269 e. The molecule has 0 unspecified atom stereocenters. The van der Waals surface area contributed by atoms with Crippen LogP contribution >= 0.6 is 0 Å². The van der Waals surface area contributed by atoms with Crippen LogP contribution in [0.15, 0.2) is 42.6 Å². The number of amides is 1. The van der Waals surface area contributed by atoms with Gasteiger partial charge in [0.1, 0.15) is 5.82 Å². The van der Waals surface area contributed by atoms with Crippen molar-refractivity contribution in [3.8, 4) is 5.75 Å². The van der Waals surface area contributed by atoms with Gasteiger partial charge in [-0.05, 0) is 56.7 Å². The maximum atomic E-state index is 14.4. The summed E-state index contributed by atoms with van der Waals surface area (Å²) in [6.07, 6.45) is 2.49. The summed E-state index contributed by atoms with van der Waals surface area (Å²) in [5.74, 6) is 0.205. The lowest BCUT2D eigenvalue weighted by Crippen LogP contribution is -2.46. The van der Waals surface area contributed by atoms with Gasteiger partial charge < -0.3 is 30.3 Å². The third kappa shape index (κ3) is 4.08. The maximum Gasteiger partial charge on any atom is 0.269 e. The number of morpholine rings is 1. The fourth-order valence-electron chi connectivity index (χ4n) is 4.48. The highest BCUT2D eigenvalue weighted by Gasteiger charge is 2.39. The standard InChI is InChI=1S/C24H24FN7O3/c1-24(2)22(33)30-21-18(35-24)7-8-19(29-21)28-20-17(25)10-26-23(31-20)27-13-3-5-14(6-4-13)32-11-16-9-15(32)12-34-16/h3-8,10,15-16H,9,11-12H2,1-2H3,(H3,26,27,28,29,30,31,33)/t15-,16-/m0/s1. The minimum atomic E-state index is -0.996. The number of anilines is 6. The van der Waals surface area contributed by atoms with Gasteiger partial charge >= 0.3 is 0 Å². The Balaban J connectivity index is 1.16. The monoisotopic (exact) mass is 477 g/mol. The normalized spacial score (nSPS) is 21.8. The Labute approximate surface area is 200 Å². The van der Waals surface area contributed by atoms with E-state index in [1.165, 1.54) is 0 Å². The fraction of sp³-hybridized carbons (Fsp3) is 0.333. The minimum absolute atomic E-state index is 0.0527. The van der Waals surface area contributed by atoms with Crippen molar-refractivity contribution in [2.24, 2.45) is 0 Å². The topological polar surface area (TPSA) is 114 Å². The lowest BCUT2D eigenvalue weighted by Gasteiger charge is -2.30. The molecule has 1 amide bonds. The van der Waals surface area contributed by atoms with Gasteiger partial charge in [-0.2, -0.15) is 4.98 Å². The zero-order valence-corrected chi connectivity index (χ0v) is 19.2. The molecular weight excluding hydrogens is 453 g/mol. The number of aromatic nitrogens is 3. The van der Waals surface area contributed by atoms with Crippen LogP contribution in [0.3, 0.4) is 0 Å². The van der Waals surface area contributed by atoms with Crippen LogP contribution in [0.4, 0.5) is 39.2 Å². The summed E-state index contributed by atoms with van der Waals surface area (Å²) in [5.41, 5.74) is 0.928. The summed E-state index contributed by atoms with van der Waals surface area (Å²) in [4.78, 5) is 27.1. The highest BCUT2D eigenvalue weighted by atomic mass is 19.1. The van der Waals surface area contributed by atoms with Gasteiger partial charge in [-0.1, -0.05) is 0 Å². The van der Waals surface area contributed by atoms with Gasteiger partial charge in [0.05, 0.1) is 24.9 Å². The van der Waals surface area contributed by atoms with Gasteiger partial charge in [0.2, 0.25) is 5.95 Å². The van der Waals surface area contributed by atoms with Crippen molar-refractivity contribution in [3.05, 3.63) is 48.4 Å². The molecule has 6 rings (SSSR count). The molecule has 3 aliphatic heterocycles. The van der Waals surface area contributed by atoms with E-state index < -0.39 is 11.4 Å². The molecule has 10 nitrogen and oxygen atoms in total. The Morgan fingerprint density at radius 2 is 1.97 bits per heavy atom. The predicted molar refractivity (Wildman–Crippen MR) is 128 cm³/mol. The van der Waals surface area contributed by atoms with Crippen molar-refractivity contribution in [1.82, 2.24) is 15.0 Å². The number of nitrogens with zero attached hydrogens (tertiary/aromatic N) is 4. The number of pyridine rings is 1. The fourth-order valence-corrected chi connectivity index (χ4v) is 4.48. The zero-order valence-electron chi connectivity index (χ0n) is 19.2. The number of carbonyl (C=O) groups excluding carboxylic acids is 1. The molecule has 180 valence electrons. The Bertz CT molecular complexity index is 1300. The number of ether oxygens (including phenoxy) is 2. The van der Waals surface area contributed by atoms with Crippen LogP contribution in [0.1, 0.15) is 20.3 Å². The van der Waals surface area contributed by atoms with Crippen molar-refractivity contribution >= 4 is 40.7 Å². The number of carbonyl (C=O) groups is 1. The van der Waals surface area contributed by atoms with Crippen molar-refractivity contribution in [3.63, 3.8) is 0 Å². The SMILES string of the molecule is CC1(C)Oc2ccc(Nc3nc(Nc4ccc(N5C[C@@H]6C[C@H]5CO6)cc4)ncc3F)nc2NC1=O. The molecule has 11 heteroatoms. The first kappa shape index (κ1) is 21.5. The Kier molecular flexibility index (Phi) is 4.95. The first-order chi connectivity index (χ1) is 16.8. The molecule has 2 saturated heterocycles. The third-order valence-corrected chi connectivity index (χ3v) is 6.35. The van der Waals surface area contributed by atoms with E-state index in [1.54, 1.807) is 26.0 Å². The summed E-state index contributed by atoms with van der Waals surface area (Å²) < 4.78 is 25.8. The van der Waals surface area contributed by atoms with Gasteiger partial charge in [-0.25, -0.2) is 14.4 Å².